The summed E-state index contributed by atoms with van der Waals surface area (Å²) in [7, 11) is 62.7. The van der Waals surface area contributed by atoms with Crippen LogP contribution in [0.15, 0.2) is 78.3 Å². The number of rotatable bonds is 6. The Bertz CT molecular complexity index is 2270. The molecule has 1 atom stereocenters. The first kappa shape index (κ1) is 32.9. The smallest absolute Gasteiger partial charge is 0.135 e. The van der Waals surface area contributed by atoms with Gasteiger partial charge in [0.1, 0.15) is 60.7 Å². The summed E-state index contributed by atoms with van der Waals surface area (Å²) in [4.78, 5) is 4.67. The molecule has 0 saturated heterocycles. The molecule has 0 amide bonds. The third-order valence-electron chi connectivity index (χ3n) is 8.64. The van der Waals surface area contributed by atoms with Crippen molar-refractivity contribution in [3.05, 3.63) is 101 Å². The Morgan fingerprint density at radius 1 is 0.723 bits per heavy atom. The Labute approximate surface area is 287 Å². The first-order valence-corrected chi connectivity index (χ1v) is 14.5. The second-order valence-electron chi connectivity index (χ2n) is 11.5. The van der Waals surface area contributed by atoms with E-state index in [1.54, 1.807) is 10.6 Å². The van der Waals surface area contributed by atoms with Crippen molar-refractivity contribution in [3.8, 4) is 18.0 Å². The molecule has 0 saturated carbocycles. The van der Waals surface area contributed by atoms with Gasteiger partial charge in [0.2, 0.25) is 0 Å². The van der Waals surface area contributed by atoms with Crippen molar-refractivity contribution in [1.29, 1.82) is 0 Å². The molecule has 47 heavy (non-hydrogen) atoms. The van der Waals surface area contributed by atoms with Gasteiger partial charge in [-0.2, -0.15) is 0 Å². The zero-order valence-corrected chi connectivity index (χ0v) is 25.3. The van der Waals surface area contributed by atoms with E-state index >= 15 is 0 Å². The number of para-hydroxylation sites is 2. The van der Waals surface area contributed by atoms with E-state index in [4.69, 9.17) is 84.9 Å². The second-order valence-corrected chi connectivity index (χ2v) is 11.5. The maximum Gasteiger partial charge on any atom is 0.135 e. The lowest BCUT2D eigenvalue weighted by molar-refractivity contribution is 0.118. The standard InChI is InChI=1S/C34H16B10N2O/c1-2-22(35)27(37)25-21(26(36)29(39)30(40)28(25)38)15-20-16-9-3-5-11-18(16)31(19-12-6-4-10-17(19)20)46-24-14-8-7-13-23(24)45-32(46)33(41,47)34(42,43)44/h1,3-14,47H,15H2/b27-22-. The van der Waals surface area contributed by atoms with E-state index in [1.807, 2.05) is 66.7 Å². The van der Waals surface area contributed by atoms with Crippen molar-refractivity contribution in [2.24, 2.45) is 0 Å². The van der Waals surface area contributed by atoms with Crippen molar-refractivity contribution in [3.63, 3.8) is 0 Å². The molecule has 0 aliphatic rings. The van der Waals surface area contributed by atoms with E-state index in [-0.39, 0.29) is 45.0 Å². The number of allylic oxidation sites excluding steroid dienone is 1. The minimum absolute atomic E-state index is 0.0313. The van der Waals surface area contributed by atoms with Crippen molar-refractivity contribution in [1.82, 2.24) is 9.55 Å². The Balaban J connectivity index is 1.76. The predicted octanol–water partition coefficient (Wildman–Crippen LogP) is -0.370. The van der Waals surface area contributed by atoms with Crippen LogP contribution in [0.4, 0.5) is 0 Å². The van der Waals surface area contributed by atoms with Gasteiger partial charge < -0.3 is 5.11 Å². The van der Waals surface area contributed by atoms with E-state index in [9.17, 15) is 5.11 Å². The third-order valence-corrected chi connectivity index (χ3v) is 8.64. The number of hydrogen-bond acceptors (Lipinski definition) is 2. The summed E-state index contributed by atoms with van der Waals surface area (Å²) in [6.45, 7) is 0. The monoisotopic (exact) mass is 578 g/mol. The van der Waals surface area contributed by atoms with Gasteiger partial charge in [-0.25, -0.2) is 4.98 Å². The molecule has 1 N–H and O–H groups in total. The summed E-state index contributed by atoms with van der Waals surface area (Å²) < 4.78 is 1.73. The van der Waals surface area contributed by atoms with E-state index in [0.29, 0.717) is 27.8 Å². The van der Waals surface area contributed by atoms with Gasteiger partial charge in [0.25, 0.3) is 0 Å². The van der Waals surface area contributed by atoms with Crippen molar-refractivity contribution < 1.29 is 5.11 Å². The molecule has 0 aliphatic carbocycles. The summed E-state index contributed by atoms with van der Waals surface area (Å²) in [6, 6.07) is 22.7. The summed E-state index contributed by atoms with van der Waals surface area (Å²) in [5.41, 5.74) is 1.52. The summed E-state index contributed by atoms with van der Waals surface area (Å²) in [6.07, 6.45) is 5.79. The molecule has 5 aromatic carbocycles. The fourth-order valence-corrected chi connectivity index (χ4v) is 6.09. The molecule has 0 fully saturated rings. The quantitative estimate of drug-likeness (QED) is 0.167. The van der Waals surface area contributed by atoms with Crippen LogP contribution in [0.25, 0.3) is 43.7 Å². The minimum Gasteiger partial charge on any atom is -0.394 e. The number of imidazole rings is 1. The Morgan fingerprint density at radius 3 is 1.79 bits per heavy atom. The van der Waals surface area contributed by atoms with Gasteiger partial charge in [-0.3, -0.25) is 4.57 Å². The highest BCUT2D eigenvalue weighted by molar-refractivity contribution is 6.65. The van der Waals surface area contributed by atoms with Crippen molar-refractivity contribution >= 4 is 138 Å². The maximum atomic E-state index is 11.5. The van der Waals surface area contributed by atoms with Crippen molar-refractivity contribution in [2.75, 3.05) is 0 Å². The first-order chi connectivity index (χ1) is 22.2. The van der Waals surface area contributed by atoms with E-state index in [1.165, 1.54) is 0 Å². The molecule has 3 nitrogen and oxygen atoms in total. The van der Waals surface area contributed by atoms with E-state index in [0.717, 1.165) is 27.1 Å². The molecule has 198 valence electrons. The first-order valence-electron chi connectivity index (χ1n) is 14.5. The van der Waals surface area contributed by atoms with Crippen LogP contribution < -0.4 is 21.9 Å². The third kappa shape index (κ3) is 5.17. The normalized spacial score (nSPS) is 13.8. The Morgan fingerprint density at radius 2 is 1.23 bits per heavy atom. The molecule has 6 rings (SSSR count). The molecular weight excluding hydrogens is 561 g/mol. The van der Waals surface area contributed by atoms with Crippen LogP contribution in [0.1, 0.15) is 22.5 Å². The average Bonchev–Trinajstić information content (AvgIpc) is 3.45. The molecule has 1 unspecified atom stereocenters. The highest BCUT2D eigenvalue weighted by Crippen LogP contribution is 2.43. The molecule has 13 heteroatoms. The fourth-order valence-electron chi connectivity index (χ4n) is 6.09. The number of benzene rings is 5. The van der Waals surface area contributed by atoms with Gasteiger partial charge in [0.05, 0.1) is 45.8 Å². The molecular formula is C34H16B10N2O. The van der Waals surface area contributed by atoms with Gasteiger partial charge in [-0.15, -0.1) is 27.9 Å². The summed E-state index contributed by atoms with van der Waals surface area (Å²) in [5, 5.41) is 12.5. The largest absolute Gasteiger partial charge is 0.394 e. The van der Waals surface area contributed by atoms with Crippen LogP contribution in [0, 0.1) is 12.3 Å². The maximum absolute atomic E-state index is 11.5. The number of nitrogens with zero attached hydrogens (tertiary/aromatic N) is 2. The number of aromatic nitrogens is 2. The second kappa shape index (κ2) is 11.9. The highest BCUT2D eigenvalue weighted by atomic mass is 16.3. The molecule has 0 bridgehead atoms. The molecule has 0 spiro atoms. The molecule has 1 aromatic heterocycles. The molecule has 1 heterocycles. The van der Waals surface area contributed by atoms with Crippen LogP contribution in [0.3, 0.4) is 0 Å². The number of terminal acetylenes is 1. The zero-order valence-electron chi connectivity index (χ0n) is 25.3. The Kier molecular flexibility index (Phi) is 8.34. The zero-order chi connectivity index (χ0) is 34.0. The molecule has 20 radical (unpaired) electrons. The summed E-state index contributed by atoms with van der Waals surface area (Å²) >= 11 is 0. The Hall–Kier alpha value is -4.00. The molecule has 0 aliphatic heterocycles. The van der Waals surface area contributed by atoms with Gasteiger partial charge >= 0.3 is 0 Å². The minimum atomic E-state index is -2.46. The van der Waals surface area contributed by atoms with E-state index in [2.05, 4.69) is 10.9 Å². The van der Waals surface area contributed by atoms with Gasteiger partial charge in [0, 0.05) is 10.8 Å². The van der Waals surface area contributed by atoms with Gasteiger partial charge in [-0.05, 0) is 46.0 Å². The van der Waals surface area contributed by atoms with Crippen LogP contribution in [-0.2, 0) is 11.9 Å². The van der Waals surface area contributed by atoms with E-state index < -0.39 is 10.6 Å². The predicted molar refractivity (Wildman–Crippen MR) is 204 cm³/mol. The van der Waals surface area contributed by atoms with Crippen molar-refractivity contribution in [2.45, 2.75) is 17.0 Å². The van der Waals surface area contributed by atoms with Crippen LogP contribution >= 0.6 is 0 Å². The van der Waals surface area contributed by atoms with Gasteiger partial charge in [-0.1, -0.05) is 83.0 Å². The number of fused-ring (bicyclic) bond motifs is 3. The SMILES string of the molecule is [B]/C(C#C)=C(\[B])c1c([B])c([B])c([B])c([B])c1Cc1c2ccccc2c(-n2c(C([B])(O)C([B])([B])[B])nc3ccccc32)c2ccccc12. The van der Waals surface area contributed by atoms with Crippen LogP contribution in [0.5, 0.6) is 0 Å². The van der Waals surface area contributed by atoms with Gasteiger partial charge in [0.15, 0.2) is 0 Å². The lowest BCUT2D eigenvalue weighted by atomic mass is 9.32. The number of aliphatic hydroxyl groups is 1. The topological polar surface area (TPSA) is 38.0 Å². The van der Waals surface area contributed by atoms with Crippen LogP contribution in [-0.4, -0.2) is 93.1 Å². The molecule has 6 aromatic rings. The lowest BCUT2D eigenvalue weighted by Crippen LogP contribution is -2.50. The summed E-state index contributed by atoms with van der Waals surface area (Å²) in [5.74, 6) is 2.30. The lowest BCUT2D eigenvalue weighted by Gasteiger charge is -2.39. The highest BCUT2D eigenvalue weighted by Gasteiger charge is 2.40. The number of hydrogen-bond donors (Lipinski definition) is 1. The average molecular weight is 577 g/mol. The fraction of sp³-hybridized carbons (Fsp3) is 0.0882. The van der Waals surface area contributed by atoms with Crippen LogP contribution in [0.2, 0.25) is 5.11 Å².